The minimum Gasteiger partial charge on any atom is -0.495 e. The van der Waals surface area contributed by atoms with Crippen LogP contribution in [0, 0.1) is 12.7 Å². The van der Waals surface area contributed by atoms with E-state index in [4.69, 9.17) is 4.74 Å². The zero-order chi connectivity index (χ0) is 15.6. The third-order valence-corrected chi connectivity index (χ3v) is 4.82. The van der Waals surface area contributed by atoms with Crippen LogP contribution in [0.5, 0.6) is 5.75 Å². The van der Waals surface area contributed by atoms with Gasteiger partial charge in [0.05, 0.1) is 22.2 Å². The first kappa shape index (κ1) is 15.8. The number of hydrogen-bond acceptors (Lipinski definition) is 3. The molecule has 2 rings (SSSR count). The normalized spacial score (nSPS) is 11.2. The maximum atomic E-state index is 13.9. The standard InChI is InChI=1S/C14H13BrFNO3S/c1-9-3-5-10(6-4-9)21(18,19)17-13-8-14(20-2)11(15)7-12(13)16/h3-8,17H,1-2H3. The first-order chi connectivity index (χ1) is 9.83. The van der Waals surface area contributed by atoms with Gasteiger partial charge in [-0.15, -0.1) is 0 Å². The molecule has 0 saturated heterocycles. The molecule has 4 nitrogen and oxygen atoms in total. The largest absolute Gasteiger partial charge is 0.495 e. The van der Waals surface area contributed by atoms with E-state index < -0.39 is 15.8 Å². The van der Waals surface area contributed by atoms with Crippen molar-refractivity contribution < 1.29 is 17.5 Å². The van der Waals surface area contributed by atoms with Crippen molar-refractivity contribution in [3.05, 3.63) is 52.3 Å². The maximum absolute atomic E-state index is 13.9. The van der Waals surface area contributed by atoms with Crippen LogP contribution in [-0.2, 0) is 10.0 Å². The van der Waals surface area contributed by atoms with Gasteiger partial charge in [-0.3, -0.25) is 4.72 Å². The molecule has 0 bridgehead atoms. The highest BCUT2D eigenvalue weighted by Crippen LogP contribution is 2.31. The first-order valence-electron chi connectivity index (χ1n) is 5.96. The Morgan fingerprint density at radius 3 is 2.38 bits per heavy atom. The van der Waals surface area contributed by atoms with Crippen LogP contribution < -0.4 is 9.46 Å². The second kappa shape index (κ2) is 6.03. The van der Waals surface area contributed by atoms with Gasteiger partial charge >= 0.3 is 0 Å². The fourth-order valence-electron chi connectivity index (χ4n) is 1.68. The van der Waals surface area contributed by atoms with Gasteiger partial charge in [0.2, 0.25) is 0 Å². The number of methoxy groups -OCH3 is 1. The summed E-state index contributed by atoms with van der Waals surface area (Å²) in [5.74, 6) is -0.364. The third-order valence-electron chi connectivity index (χ3n) is 2.82. The number of halogens is 2. The Labute approximate surface area is 131 Å². The molecule has 0 atom stereocenters. The van der Waals surface area contributed by atoms with E-state index in [1.807, 2.05) is 6.92 Å². The van der Waals surface area contributed by atoms with E-state index in [1.54, 1.807) is 12.1 Å². The van der Waals surface area contributed by atoms with Gasteiger partial charge in [0.25, 0.3) is 10.0 Å². The molecule has 0 spiro atoms. The second-order valence-electron chi connectivity index (χ2n) is 4.39. The highest BCUT2D eigenvalue weighted by atomic mass is 79.9. The van der Waals surface area contributed by atoms with Gasteiger partial charge in [0.1, 0.15) is 11.6 Å². The van der Waals surface area contributed by atoms with E-state index in [2.05, 4.69) is 20.7 Å². The molecule has 112 valence electrons. The molecule has 0 fully saturated rings. The molecule has 1 N–H and O–H groups in total. The van der Waals surface area contributed by atoms with Crippen LogP contribution in [0.4, 0.5) is 10.1 Å². The summed E-state index contributed by atoms with van der Waals surface area (Å²) in [6, 6.07) is 8.70. The van der Waals surface area contributed by atoms with Crippen molar-refractivity contribution in [2.24, 2.45) is 0 Å². The molecule has 0 aromatic heterocycles. The molecule has 0 amide bonds. The molecule has 0 aliphatic rings. The Kier molecular flexibility index (Phi) is 4.53. The minimum absolute atomic E-state index is 0.0642. The van der Waals surface area contributed by atoms with Gasteiger partial charge < -0.3 is 4.74 Å². The van der Waals surface area contributed by atoms with Gasteiger partial charge in [-0.05, 0) is 41.1 Å². The van der Waals surface area contributed by atoms with E-state index in [9.17, 15) is 12.8 Å². The van der Waals surface area contributed by atoms with Crippen LogP contribution in [0.25, 0.3) is 0 Å². The predicted molar refractivity (Wildman–Crippen MR) is 82.6 cm³/mol. The van der Waals surface area contributed by atoms with E-state index in [0.717, 1.165) is 11.6 Å². The molecule has 0 aliphatic carbocycles. The van der Waals surface area contributed by atoms with E-state index in [0.29, 0.717) is 10.2 Å². The van der Waals surface area contributed by atoms with Crippen LogP contribution in [0.1, 0.15) is 5.56 Å². The van der Waals surface area contributed by atoms with Gasteiger partial charge in [-0.1, -0.05) is 17.7 Å². The zero-order valence-electron chi connectivity index (χ0n) is 11.4. The van der Waals surface area contributed by atoms with Crippen molar-refractivity contribution in [3.63, 3.8) is 0 Å². The monoisotopic (exact) mass is 373 g/mol. The van der Waals surface area contributed by atoms with E-state index >= 15 is 0 Å². The summed E-state index contributed by atoms with van der Waals surface area (Å²) >= 11 is 3.13. The topological polar surface area (TPSA) is 55.4 Å². The Balaban J connectivity index is 2.39. The van der Waals surface area contributed by atoms with Gasteiger partial charge in [0.15, 0.2) is 0 Å². The average Bonchev–Trinajstić information content (AvgIpc) is 2.42. The van der Waals surface area contributed by atoms with Crippen LogP contribution in [0.2, 0.25) is 0 Å². The van der Waals surface area contributed by atoms with Crippen molar-refractivity contribution in [1.82, 2.24) is 0 Å². The van der Waals surface area contributed by atoms with Gasteiger partial charge in [-0.25, -0.2) is 12.8 Å². The Hall–Kier alpha value is -1.60. The summed E-state index contributed by atoms with van der Waals surface area (Å²) in [6.45, 7) is 1.85. The Morgan fingerprint density at radius 1 is 1.19 bits per heavy atom. The van der Waals surface area contributed by atoms with Crippen LogP contribution in [0.3, 0.4) is 0 Å². The quantitative estimate of drug-likeness (QED) is 0.888. The zero-order valence-corrected chi connectivity index (χ0v) is 13.8. The fraction of sp³-hybridized carbons (Fsp3) is 0.143. The summed E-state index contributed by atoms with van der Waals surface area (Å²) in [5, 5.41) is 0. The summed E-state index contributed by atoms with van der Waals surface area (Å²) in [6.07, 6.45) is 0. The number of ether oxygens (including phenoxy) is 1. The molecule has 7 heteroatoms. The van der Waals surface area contributed by atoms with E-state index in [1.165, 1.54) is 25.3 Å². The molecule has 0 radical (unpaired) electrons. The van der Waals surface area contributed by atoms with Crippen LogP contribution in [0.15, 0.2) is 45.8 Å². The summed E-state index contributed by atoms with van der Waals surface area (Å²) in [7, 11) is -2.44. The molecule has 0 aliphatic heterocycles. The second-order valence-corrected chi connectivity index (χ2v) is 6.92. The van der Waals surface area contributed by atoms with Crippen molar-refractivity contribution in [2.75, 3.05) is 11.8 Å². The number of sulfonamides is 1. The highest BCUT2D eigenvalue weighted by Gasteiger charge is 2.17. The predicted octanol–water partition coefficient (Wildman–Crippen LogP) is 3.71. The summed E-state index contributed by atoms with van der Waals surface area (Å²) in [5.41, 5.74) is 0.765. The van der Waals surface area contributed by atoms with E-state index in [-0.39, 0.29) is 10.6 Å². The SMILES string of the molecule is COc1cc(NS(=O)(=O)c2ccc(C)cc2)c(F)cc1Br. The molecule has 2 aromatic rings. The number of benzene rings is 2. The lowest BCUT2D eigenvalue weighted by Crippen LogP contribution is -2.14. The number of rotatable bonds is 4. The Morgan fingerprint density at radius 2 is 1.81 bits per heavy atom. The smallest absolute Gasteiger partial charge is 0.261 e. The number of aryl methyl sites for hydroxylation is 1. The lowest BCUT2D eigenvalue weighted by Gasteiger charge is -2.11. The highest BCUT2D eigenvalue weighted by molar-refractivity contribution is 9.10. The van der Waals surface area contributed by atoms with Crippen molar-refractivity contribution >= 4 is 31.6 Å². The lowest BCUT2D eigenvalue weighted by atomic mass is 10.2. The fourth-order valence-corrected chi connectivity index (χ4v) is 3.22. The van der Waals surface area contributed by atoms with Crippen molar-refractivity contribution in [3.8, 4) is 5.75 Å². The lowest BCUT2D eigenvalue weighted by molar-refractivity contribution is 0.411. The molecular formula is C14H13BrFNO3S. The van der Waals surface area contributed by atoms with Crippen molar-refractivity contribution in [1.29, 1.82) is 0 Å². The molecule has 0 heterocycles. The molecule has 0 unspecified atom stereocenters. The Bertz CT molecular complexity index is 761. The molecule has 21 heavy (non-hydrogen) atoms. The number of hydrogen-bond donors (Lipinski definition) is 1. The summed E-state index contributed by atoms with van der Waals surface area (Å²) in [4.78, 5) is 0.0642. The third kappa shape index (κ3) is 3.54. The van der Waals surface area contributed by atoms with Crippen LogP contribution >= 0.6 is 15.9 Å². The van der Waals surface area contributed by atoms with Gasteiger partial charge in [-0.2, -0.15) is 0 Å². The number of anilines is 1. The molecular weight excluding hydrogens is 361 g/mol. The van der Waals surface area contributed by atoms with Crippen LogP contribution in [-0.4, -0.2) is 15.5 Å². The minimum atomic E-state index is -3.85. The van der Waals surface area contributed by atoms with Crippen molar-refractivity contribution in [2.45, 2.75) is 11.8 Å². The molecule has 2 aromatic carbocycles. The number of nitrogens with one attached hydrogen (secondary N) is 1. The summed E-state index contributed by atoms with van der Waals surface area (Å²) < 4.78 is 46.0. The average molecular weight is 374 g/mol. The van der Waals surface area contributed by atoms with Gasteiger partial charge in [0, 0.05) is 6.07 Å². The maximum Gasteiger partial charge on any atom is 0.261 e. The first-order valence-corrected chi connectivity index (χ1v) is 8.23. The molecule has 0 saturated carbocycles.